The normalized spacial score (nSPS) is 10.4. The number of nitrogens with one attached hydrogen (secondary N) is 2. The number of nitrogen functional groups attached to an aromatic ring is 1. The summed E-state index contributed by atoms with van der Waals surface area (Å²) in [6.45, 7) is 0.539. The number of rotatable bonds is 5. The van der Waals surface area contributed by atoms with E-state index in [9.17, 15) is 4.39 Å². The molecule has 2 heterocycles. The Kier molecular flexibility index (Phi) is 3.68. The molecule has 8 heteroatoms. The van der Waals surface area contributed by atoms with Crippen molar-refractivity contribution in [3.8, 4) is 0 Å². The molecule has 0 amide bonds. The minimum absolute atomic E-state index is 0.125. The summed E-state index contributed by atoms with van der Waals surface area (Å²) in [5, 5.41) is 6.94. The van der Waals surface area contributed by atoms with Gasteiger partial charge in [-0.15, -0.1) is 0 Å². The van der Waals surface area contributed by atoms with Crippen LogP contribution in [-0.2, 0) is 13.5 Å². The Hall–Kier alpha value is -2.22. The van der Waals surface area contributed by atoms with E-state index >= 15 is 0 Å². The monoisotopic (exact) mass is 251 g/mol. The van der Waals surface area contributed by atoms with Crippen LogP contribution in [-0.4, -0.2) is 26.3 Å². The average Bonchev–Trinajstić information content (AvgIpc) is 2.77. The van der Waals surface area contributed by atoms with Gasteiger partial charge in [0, 0.05) is 31.9 Å². The number of aromatic nitrogens is 4. The Morgan fingerprint density at radius 2 is 2.33 bits per heavy atom. The van der Waals surface area contributed by atoms with Crippen LogP contribution in [0, 0.1) is 5.82 Å². The molecule has 0 spiro atoms. The predicted molar refractivity (Wildman–Crippen MR) is 65.2 cm³/mol. The van der Waals surface area contributed by atoms with Gasteiger partial charge in [0.05, 0.1) is 6.20 Å². The second-order valence-corrected chi connectivity index (χ2v) is 3.66. The van der Waals surface area contributed by atoms with Gasteiger partial charge in [-0.1, -0.05) is 0 Å². The van der Waals surface area contributed by atoms with Gasteiger partial charge in [-0.05, 0) is 6.07 Å². The molecule has 0 aliphatic heterocycles. The van der Waals surface area contributed by atoms with Crippen molar-refractivity contribution < 1.29 is 4.39 Å². The fourth-order valence-electron chi connectivity index (χ4n) is 1.52. The van der Waals surface area contributed by atoms with Crippen molar-refractivity contribution in [2.24, 2.45) is 12.9 Å². The second-order valence-electron chi connectivity index (χ2n) is 3.66. The minimum Gasteiger partial charge on any atom is -0.367 e. The summed E-state index contributed by atoms with van der Waals surface area (Å²) in [5.41, 5.74) is 3.31. The third kappa shape index (κ3) is 2.72. The molecule has 0 unspecified atom stereocenters. The molecule has 0 aromatic carbocycles. The molecule has 0 atom stereocenters. The van der Waals surface area contributed by atoms with Crippen molar-refractivity contribution in [1.82, 2.24) is 19.7 Å². The first-order valence-corrected chi connectivity index (χ1v) is 5.40. The van der Waals surface area contributed by atoms with Gasteiger partial charge >= 0.3 is 0 Å². The summed E-state index contributed by atoms with van der Waals surface area (Å²) < 4.78 is 15.1. The van der Waals surface area contributed by atoms with Crippen LogP contribution in [0.3, 0.4) is 0 Å². The predicted octanol–water partition coefficient (Wildman–Crippen LogP) is 0.289. The molecule has 2 aromatic rings. The average molecular weight is 251 g/mol. The van der Waals surface area contributed by atoms with Crippen LogP contribution in [0.4, 0.5) is 16.2 Å². The molecule has 96 valence electrons. The molecule has 0 bridgehead atoms. The first-order valence-electron chi connectivity index (χ1n) is 5.40. The molecule has 18 heavy (non-hydrogen) atoms. The number of nitrogens with zero attached hydrogens (tertiary/aromatic N) is 4. The van der Waals surface area contributed by atoms with Crippen LogP contribution in [0.15, 0.2) is 18.5 Å². The Balaban J connectivity index is 1.96. The van der Waals surface area contributed by atoms with E-state index in [-0.39, 0.29) is 11.8 Å². The molecule has 0 aliphatic rings. The summed E-state index contributed by atoms with van der Waals surface area (Å²) in [6, 6.07) is 1.91. The highest BCUT2D eigenvalue weighted by Gasteiger charge is 2.06. The maximum absolute atomic E-state index is 13.4. The van der Waals surface area contributed by atoms with Crippen molar-refractivity contribution in [1.29, 1.82) is 0 Å². The van der Waals surface area contributed by atoms with Crippen molar-refractivity contribution in [3.63, 3.8) is 0 Å². The molecule has 7 nitrogen and oxygen atoms in total. The highest BCUT2D eigenvalue weighted by molar-refractivity contribution is 5.40. The molecule has 4 N–H and O–H groups in total. The number of hydrazine groups is 1. The number of hydrogen-bond acceptors (Lipinski definition) is 6. The highest BCUT2D eigenvalue weighted by Crippen LogP contribution is 2.11. The Labute approximate surface area is 103 Å². The summed E-state index contributed by atoms with van der Waals surface area (Å²) in [5.74, 6) is 4.93. The number of halogens is 1. The maximum atomic E-state index is 13.4. The number of aryl methyl sites for hydroxylation is 1. The lowest BCUT2D eigenvalue weighted by Gasteiger charge is -2.07. The Morgan fingerprint density at radius 3 is 3.00 bits per heavy atom. The summed E-state index contributed by atoms with van der Waals surface area (Å²) in [4.78, 5) is 7.53. The molecule has 2 aromatic heterocycles. The van der Waals surface area contributed by atoms with Crippen LogP contribution in [0.2, 0.25) is 0 Å². The van der Waals surface area contributed by atoms with Crippen molar-refractivity contribution >= 4 is 11.8 Å². The van der Waals surface area contributed by atoms with E-state index in [2.05, 4.69) is 25.8 Å². The van der Waals surface area contributed by atoms with Gasteiger partial charge in [-0.3, -0.25) is 10.1 Å². The first kappa shape index (κ1) is 12.2. The largest absolute Gasteiger partial charge is 0.367 e. The van der Waals surface area contributed by atoms with E-state index in [1.807, 2.05) is 13.1 Å². The van der Waals surface area contributed by atoms with Crippen LogP contribution >= 0.6 is 0 Å². The molecule has 0 aliphatic carbocycles. The van der Waals surface area contributed by atoms with Gasteiger partial charge in [-0.25, -0.2) is 15.2 Å². The first-order chi connectivity index (χ1) is 8.70. The van der Waals surface area contributed by atoms with Gasteiger partial charge in [0.25, 0.3) is 0 Å². The molecule has 0 saturated heterocycles. The van der Waals surface area contributed by atoms with E-state index in [1.165, 1.54) is 0 Å². The fourth-order valence-corrected chi connectivity index (χ4v) is 1.52. The third-order valence-electron chi connectivity index (χ3n) is 2.47. The van der Waals surface area contributed by atoms with Crippen LogP contribution in [0.5, 0.6) is 0 Å². The molecule has 0 fully saturated rings. The zero-order valence-electron chi connectivity index (χ0n) is 9.89. The van der Waals surface area contributed by atoms with Gasteiger partial charge < -0.3 is 5.32 Å². The fraction of sp³-hybridized carbons (Fsp3) is 0.300. The maximum Gasteiger partial charge on any atom is 0.239 e. The number of anilines is 2. The lowest BCUT2D eigenvalue weighted by Crippen LogP contribution is -2.14. The molecule has 0 saturated carbocycles. The molecular formula is C10H14FN7. The zero-order chi connectivity index (χ0) is 13.0. The molecular weight excluding hydrogens is 237 g/mol. The van der Waals surface area contributed by atoms with Crippen molar-refractivity contribution in [2.45, 2.75) is 6.42 Å². The van der Waals surface area contributed by atoms with E-state index < -0.39 is 5.82 Å². The third-order valence-corrected chi connectivity index (χ3v) is 2.47. The zero-order valence-corrected chi connectivity index (χ0v) is 9.89. The standard InChI is InChI=1S/C10H14FN7/c1-18-7(3-5-15-18)2-4-13-9-8(11)6-14-10(16-9)17-12/h3,5-6H,2,4,12H2,1H3,(H2,13,14,16,17). The number of hydrogen-bond donors (Lipinski definition) is 3. The van der Waals surface area contributed by atoms with Gasteiger partial charge in [0.1, 0.15) is 0 Å². The SMILES string of the molecule is Cn1nccc1CCNc1nc(NN)ncc1F. The summed E-state index contributed by atoms with van der Waals surface area (Å²) in [7, 11) is 1.86. The van der Waals surface area contributed by atoms with Crippen molar-refractivity contribution in [2.75, 3.05) is 17.3 Å². The lowest BCUT2D eigenvalue weighted by atomic mass is 10.3. The smallest absolute Gasteiger partial charge is 0.239 e. The van der Waals surface area contributed by atoms with Crippen LogP contribution in [0.25, 0.3) is 0 Å². The quantitative estimate of drug-likeness (QED) is 0.522. The summed E-state index contributed by atoms with van der Waals surface area (Å²) in [6.07, 6.45) is 3.50. The van der Waals surface area contributed by atoms with E-state index in [0.717, 1.165) is 11.9 Å². The van der Waals surface area contributed by atoms with E-state index in [4.69, 9.17) is 5.84 Å². The van der Waals surface area contributed by atoms with Gasteiger partial charge in [0.15, 0.2) is 11.6 Å². The van der Waals surface area contributed by atoms with Crippen LogP contribution < -0.4 is 16.6 Å². The van der Waals surface area contributed by atoms with Crippen molar-refractivity contribution in [3.05, 3.63) is 30.0 Å². The molecule has 0 radical (unpaired) electrons. The summed E-state index contributed by atoms with van der Waals surface area (Å²) >= 11 is 0. The van der Waals surface area contributed by atoms with Gasteiger partial charge in [0.2, 0.25) is 5.95 Å². The number of nitrogens with two attached hydrogens (primary N) is 1. The molecule has 2 rings (SSSR count). The highest BCUT2D eigenvalue weighted by atomic mass is 19.1. The lowest BCUT2D eigenvalue weighted by molar-refractivity contribution is 0.616. The van der Waals surface area contributed by atoms with E-state index in [0.29, 0.717) is 13.0 Å². The van der Waals surface area contributed by atoms with E-state index in [1.54, 1.807) is 10.9 Å². The second kappa shape index (κ2) is 5.41. The Bertz CT molecular complexity index is 525. The topological polar surface area (TPSA) is 93.7 Å². The van der Waals surface area contributed by atoms with Crippen LogP contribution in [0.1, 0.15) is 5.69 Å². The minimum atomic E-state index is -0.515. The Morgan fingerprint density at radius 1 is 1.50 bits per heavy atom. The van der Waals surface area contributed by atoms with Gasteiger partial charge in [-0.2, -0.15) is 10.1 Å².